The van der Waals surface area contributed by atoms with E-state index in [1.165, 1.54) is 5.56 Å². The van der Waals surface area contributed by atoms with Crippen LogP contribution in [-0.4, -0.2) is 15.4 Å². The predicted octanol–water partition coefficient (Wildman–Crippen LogP) is 6.90. The lowest BCUT2D eigenvalue weighted by Gasteiger charge is -2.10. The fraction of sp³-hybridized carbons (Fsp3) is 0.0714. The van der Waals surface area contributed by atoms with E-state index >= 15 is 0 Å². The summed E-state index contributed by atoms with van der Waals surface area (Å²) >= 11 is 3.39. The van der Waals surface area contributed by atoms with Gasteiger partial charge in [0, 0.05) is 22.8 Å². The Labute approximate surface area is 206 Å². The van der Waals surface area contributed by atoms with Crippen LogP contribution in [0.15, 0.2) is 102 Å². The number of halogens is 1. The van der Waals surface area contributed by atoms with Crippen LogP contribution < -0.4 is 10.1 Å². The van der Waals surface area contributed by atoms with Gasteiger partial charge in [0.15, 0.2) is 0 Å². The van der Waals surface area contributed by atoms with E-state index in [0.29, 0.717) is 17.9 Å². The van der Waals surface area contributed by atoms with Crippen molar-refractivity contribution >= 4 is 33.4 Å². The van der Waals surface area contributed by atoms with Gasteiger partial charge < -0.3 is 10.1 Å². The smallest absolute Gasteiger partial charge is 0.343 e. The van der Waals surface area contributed by atoms with E-state index in [2.05, 4.69) is 37.8 Å². The minimum atomic E-state index is -0.410. The van der Waals surface area contributed by atoms with Crippen LogP contribution in [0.1, 0.15) is 21.5 Å². The summed E-state index contributed by atoms with van der Waals surface area (Å²) in [5.41, 5.74) is 5.27. The summed E-state index contributed by atoms with van der Waals surface area (Å²) in [5.74, 6) is 0.940. The number of esters is 1. The fourth-order valence-corrected chi connectivity index (χ4v) is 4.24. The number of hydrogen-bond donors (Lipinski definition) is 1. The highest BCUT2D eigenvalue weighted by Crippen LogP contribution is 2.32. The molecule has 0 saturated carbocycles. The molecule has 0 bridgehead atoms. The standard InChI is InChI=1S/C28H22BrN3O2/c1-19-8-7-15-32-26(19)31-25(27(32)30-18-20-9-3-2-4-10-20)21-11-6-14-24(17-21)34-28(33)22-12-5-13-23(29)16-22/h2-17,30H,18H2,1H3. The summed E-state index contributed by atoms with van der Waals surface area (Å²) < 4.78 is 8.56. The van der Waals surface area contributed by atoms with Crippen molar-refractivity contribution in [2.45, 2.75) is 13.5 Å². The van der Waals surface area contributed by atoms with Crippen molar-refractivity contribution in [2.24, 2.45) is 0 Å². The number of benzene rings is 3. The second-order valence-corrected chi connectivity index (χ2v) is 8.88. The van der Waals surface area contributed by atoms with Crippen LogP contribution in [-0.2, 0) is 6.54 Å². The fourth-order valence-electron chi connectivity index (χ4n) is 3.84. The van der Waals surface area contributed by atoms with Gasteiger partial charge in [-0.2, -0.15) is 0 Å². The van der Waals surface area contributed by atoms with Gasteiger partial charge in [-0.15, -0.1) is 0 Å². The molecule has 6 heteroatoms. The van der Waals surface area contributed by atoms with E-state index in [9.17, 15) is 4.79 Å². The number of anilines is 1. The van der Waals surface area contributed by atoms with Gasteiger partial charge in [-0.1, -0.05) is 70.5 Å². The maximum Gasteiger partial charge on any atom is 0.343 e. The minimum absolute atomic E-state index is 0.410. The number of ether oxygens (including phenoxy) is 1. The number of pyridine rings is 1. The summed E-state index contributed by atoms with van der Waals surface area (Å²) in [6.45, 7) is 2.70. The molecule has 0 spiro atoms. The molecule has 3 aromatic carbocycles. The number of nitrogens with one attached hydrogen (secondary N) is 1. The number of rotatable bonds is 6. The Bertz CT molecular complexity index is 1480. The molecule has 0 atom stereocenters. The molecule has 5 aromatic rings. The highest BCUT2D eigenvalue weighted by Gasteiger charge is 2.17. The topological polar surface area (TPSA) is 55.6 Å². The van der Waals surface area contributed by atoms with Crippen LogP contribution in [0.4, 0.5) is 5.82 Å². The summed E-state index contributed by atoms with van der Waals surface area (Å²) in [6, 6.07) is 28.9. The van der Waals surface area contributed by atoms with Crippen molar-refractivity contribution in [3.63, 3.8) is 0 Å². The summed E-state index contributed by atoms with van der Waals surface area (Å²) in [6.07, 6.45) is 2.00. The molecule has 5 rings (SSSR count). The second kappa shape index (κ2) is 9.53. The minimum Gasteiger partial charge on any atom is -0.423 e. The highest BCUT2D eigenvalue weighted by molar-refractivity contribution is 9.10. The van der Waals surface area contributed by atoms with Gasteiger partial charge in [0.25, 0.3) is 0 Å². The molecule has 0 unspecified atom stereocenters. The first-order valence-corrected chi connectivity index (χ1v) is 11.7. The Morgan fingerprint density at radius 2 is 1.79 bits per heavy atom. The van der Waals surface area contributed by atoms with E-state index in [0.717, 1.165) is 32.8 Å². The molecular formula is C28H22BrN3O2. The van der Waals surface area contributed by atoms with Crippen LogP contribution in [0.3, 0.4) is 0 Å². The zero-order chi connectivity index (χ0) is 23.5. The van der Waals surface area contributed by atoms with Gasteiger partial charge in [-0.25, -0.2) is 9.78 Å². The second-order valence-electron chi connectivity index (χ2n) is 7.96. The maximum atomic E-state index is 12.7. The number of nitrogens with zero attached hydrogens (tertiary/aromatic N) is 2. The molecule has 0 amide bonds. The van der Waals surface area contributed by atoms with Crippen LogP contribution >= 0.6 is 15.9 Å². The lowest BCUT2D eigenvalue weighted by Crippen LogP contribution is -2.08. The molecule has 168 valence electrons. The molecule has 5 nitrogen and oxygen atoms in total. The number of imidazole rings is 1. The van der Waals surface area contributed by atoms with Crippen LogP contribution in [0.2, 0.25) is 0 Å². The Balaban J connectivity index is 1.50. The van der Waals surface area contributed by atoms with Crippen molar-refractivity contribution in [1.29, 1.82) is 0 Å². The number of aryl methyl sites for hydroxylation is 1. The lowest BCUT2D eigenvalue weighted by molar-refractivity contribution is 0.0735. The van der Waals surface area contributed by atoms with Crippen molar-refractivity contribution in [3.8, 4) is 17.0 Å². The number of carbonyl (C=O) groups is 1. The normalized spacial score (nSPS) is 10.9. The maximum absolute atomic E-state index is 12.7. The summed E-state index contributed by atoms with van der Waals surface area (Å²) in [4.78, 5) is 17.6. The number of aromatic nitrogens is 2. The average molecular weight is 512 g/mol. The van der Waals surface area contributed by atoms with E-state index in [4.69, 9.17) is 9.72 Å². The van der Waals surface area contributed by atoms with E-state index < -0.39 is 5.97 Å². The Hall–Kier alpha value is -3.90. The molecule has 0 aliphatic carbocycles. The zero-order valence-corrected chi connectivity index (χ0v) is 20.1. The highest BCUT2D eigenvalue weighted by atomic mass is 79.9. The van der Waals surface area contributed by atoms with Crippen molar-refractivity contribution in [1.82, 2.24) is 9.38 Å². The third-order valence-corrected chi connectivity index (χ3v) is 6.02. The number of hydrogen-bond acceptors (Lipinski definition) is 4. The van der Waals surface area contributed by atoms with Crippen molar-refractivity contribution in [3.05, 3.63) is 118 Å². The van der Waals surface area contributed by atoms with E-state index in [-0.39, 0.29) is 0 Å². The molecule has 0 aliphatic heterocycles. The van der Waals surface area contributed by atoms with Crippen molar-refractivity contribution < 1.29 is 9.53 Å². The quantitative estimate of drug-likeness (QED) is 0.199. The first kappa shape index (κ1) is 21.9. The largest absolute Gasteiger partial charge is 0.423 e. The predicted molar refractivity (Wildman–Crippen MR) is 138 cm³/mol. The Morgan fingerprint density at radius 1 is 0.971 bits per heavy atom. The lowest BCUT2D eigenvalue weighted by atomic mass is 10.1. The first-order valence-electron chi connectivity index (χ1n) is 10.9. The molecule has 0 aliphatic rings. The van der Waals surface area contributed by atoms with Gasteiger partial charge in [0.05, 0.1) is 5.56 Å². The van der Waals surface area contributed by atoms with E-state index in [1.54, 1.807) is 24.3 Å². The van der Waals surface area contributed by atoms with Crippen molar-refractivity contribution in [2.75, 3.05) is 5.32 Å². The molecular weight excluding hydrogens is 490 g/mol. The molecule has 0 fully saturated rings. The molecule has 0 saturated heterocycles. The molecule has 1 N–H and O–H groups in total. The number of carbonyl (C=O) groups excluding carboxylic acids is 1. The average Bonchev–Trinajstić information content (AvgIpc) is 3.23. The van der Waals surface area contributed by atoms with Gasteiger partial charge >= 0.3 is 5.97 Å². The van der Waals surface area contributed by atoms with Gasteiger partial charge in [0.2, 0.25) is 0 Å². The third-order valence-electron chi connectivity index (χ3n) is 5.53. The molecule has 2 aromatic heterocycles. The third kappa shape index (κ3) is 4.58. The Kier molecular flexibility index (Phi) is 6.14. The molecule has 2 heterocycles. The monoisotopic (exact) mass is 511 g/mol. The van der Waals surface area contributed by atoms with Gasteiger partial charge in [-0.05, 0) is 54.4 Å². The Morgan fingerprint density at radius 3 is 2.62 bits per heavy atom. The summed E-state index contributed by atoms with van der Waals surface area (Å²) in [5, 5.41) is 3.56. The molecule has 34 heavy (non-hydrogen) atoms. The van der Waals surface area contributed by atoms with E-state index in [1.807, 2.05) is 67.7 Å². The summed E-state index contributed by atoms with van der Waals surface area (Å²) in [7, 11) is 0. The van der Waals surface area contributed by atoms with Crippen LogP contribution in [0.25, 0.3) is 16.9 Å². The van der Waals surface area contributed by atoms with Gasteiger partial charge in [-0.3, -0.25) is 4.40 Å². The number of fused-ring (bicyclic) bond motifs is 1. The van der Waals surface area contributed by atoms with Crippen LogP contribution in [0, 0.1) is 6.92 Å². The van der Waals surface area contributed by atoms with Gasteiger partial charge in [0.1, 0.15) is 22.9 Å². The zero-order valence-electron chi connectivity index (χ0n) is 18.5. The molecule has 0 radical (unpaired) electrons. The SMILES string of the molecule is Cc1cccn2c(NCc3ccccc3)c(-c3cccc(OC(=O)c4cccc(Br)c4)c3)nc12. The first-order chi connectivity index (χ1) is 16.6. The van der Waals surface area contributed by atoms with Crippen LogP contribution in [0.5, 0.6) is 5.75 Å².